The molecule has 0 radical (unpaired) electrons. The molecule has 0 fully saturated rings. The van der Waals surface area contributed by atoms with E-state index < -0.39 is 0 Å². The van der Waals surface area contributed by atoms with Gasteiger partial charge in [-0.15, -0.1) is 0 Å². The van der Waals surface area contributed by atoms with Crippen LogP contribution >= 0.6 is 0 Å². The molecule has 0 bridgehead atoms. The third kappa shape index (κ3) is 1.67. The van der Waals surface area contributed by atoms with Crippen molar-refractivity contribution in [2.24, 2.45) is 0 Å². The van der Waals surface area contributed by atoms with Gasteiger partial charge in [0.1, 0.15) is 5.69 Å². The van der Waals surface area contributed by atoms with E-state index in [1.165, 1.54) is 0 Å². The van der Waals surface area contributed by atoms with Gasteiger partial charge < -0.3 is 14.6 Å². The summed E-state index contributed by atoms with van der Waals surface area (Å²) < 4.78 is 10.5. The van der Waals surface area contributed by atoms with Gasteiger partial charge in [0.25, 0.3) is 0 Å². The molecule has 17 heavy (non-hydrogen) atoms. The van der Waals surface area contributed by atoms with Gasteiger partial charge in [-0.2, -0.15) is 0 Å². The van der Waals surface area contributed by atoms with Crippen molar-refractivity contribution in [1.82, 2.24) is 9.97 Å². The maximum absolute atomic E-state index is 5.82. The van der Waals surface area contributed by atoms with Crippen LogP contribution in [0.4, 0.5) is 5.69 Å². The molecule has 3 rings (SSSR count). The Balaban J connectivity index is 2.13. The Bertz CT molecular complexity index is 615. The lowest BCUT2D eigenvalue weighted by Gasteiger charge is -2.02. The average molecular weight is 227 g/mol. The van der Waals surface area contributed by atoms with Crippen molar-refractivity contribution >= 4 is 5.69 Å². The molecule has 84 valence electrons. The normalized spacial score (nSPS) is 10.6. The van der Waals surface area contributed by atoms with E-state index in [9.17, 15) is 0 Å². The fourth-order valence-corrected chi connectivity index (χ4v) is 1.53. The number of hydrogen-bond donors (Lipinski definition) is 1. The highest BCUT2D eigenvalue weighted by molar-refractivity contribution is 5.69. The van der Waals surface area contributed by atoms with Crippen LogP contribution in [0.25, 0.3) is 23.0 Å². The molecule has 5 nitrogen and oxygen atoms in total. The summed E-state index contributed by atoms with van der Waals surface area (Å²) in [6.07, 6.45) is 4.69. The van der Waals surface area contributed by atoms with E-state index in [1.807, 2.05) is 0 Å². The van der Waals surface area contributed by atoms with Gasteiger partial charge in [-0.05, 0) is 24.3 Å². The van der Waals surface area contributed by atoms with Crippen LogP contribution in [0.2, 0.25) is 0 Å². The fourth-order valence-electron chi connectivity index (χ4n) is 1.53. The van der Waals surface area contributed by atoms with Gasteiger partial charge in [0.05, 0.1) is 24.4 Å². The number of nitrogen functional groups attached to an aromatic ring is 1. The zero-order valence-electron chi connectivity index (χ0n) is 8.83. The van der Waals surface area contributed by atoms with Gasteiger partial charge >= 0.3 is 0 Å². The highest BCUT2D eigenvalue weighted by Gasteiger charge is 2.11. The van der Waals surface area contributed by atoms with Crippen molar-refractivity contribution in [2.45, 2.75) is 0 Å². The van der Waals surface area contributed by atoms with Gasteiger partial charge in [0.15, 0.2) is 17.3 Å². The third-order valence-electron chi connectivity index (χ3n) is 2.31. The minimum atomic E-state index is 0.468. The second-order valence-electron chi connectivity index (χ2n) is 3.45. The third-order valence-corrected chi connectivity index (χ3v) is 2.31. The first-order chi connectivity index (χ1) is 8.34. The summed E-state index contributed by atoms with van der Waals surface area (Å²) >= 11 is 0. The highest BCUT2D eigenvalue weighted by atomic mass is 16.3. The Kier molecular flexibility index (Phi) is 2.15. The van der Waals surface area contributed by atoms with E-state index in [0.29, 0.717) is 28.7 Å². The summed E-state index contributed by atoms with van der Waals surface area (Å²) in [5.74, 6) is 1.69. The second kappa shape index (κ2) is 3.79. The molecular formula is C12H9N3O2. The first kappa shape index (κ1) is 9.65. The molecule has 0 saturated heterocycles. The first-order valence-corrected chi connectivity index (χ1v) is 5.05. The van der Waals surface area contributed by atoms with E-state index in [4.69, 9.17) is 14.6 Å². The Morgan fingerprint density at radius 3 is 2.35 bits per heavy atom. The minimum absolute atomic E-state index is 0.468. The molecule has 0 unspecified atom stereocenters. The maximum atomic E-state index is 5.82. The summed E-state index contributed by atoms with van der Waals surface area (Å²) in [6.45, 7) is 0. The summed E-state index contributed by atoms with van der Waals surface area (Å²) in [5, 5.41) is 0. The fraction of sp³-hybridized carbons (Fsp3) is 0. The van der Waals surface area contributed by atoms with Gasteiger partial charge in [0.2, 0.25) is 0 Å². The number of hydrogen-bond acceptors (Lipinski definition) is 5. The summed E-state index contributed by atoms with van der Waals surface area (Å²) in [7, 11) is 0. The number of aromatic nitrogens is 2. The van der Waals surface area contributed by atoms with Crippen molar-refractivity contribution < 1.29 is 8.83 Å². The van der Waals surface area contributed by atoms with E-state index >= 15 is 0 Å². The molecule has 5 heteroatoms. The van der Waals surface area contributed by atoms with Crippen molar-refractivity contribution in [3.05, 3.63) is 43.0 Å². The van der Waals surface area contributed by atoms with Crippen molar-refractivity contribution in [3.8, 4) is 23.0 Å². The number of nitrogens with two attached hydrogens (primary N) is 1. The van der Waals surface area contributed by atoms with Gasteiger partial charge in [-0.25, -0.2) is 9.97 Å². The van der Waals surface area contributed by atoms with Gasteiger partial charge in [-0.3, -0.25) is 0 Å². The van der Waals surface area contributed by atoms with E-state index in [1.54, 1.807) is 43.0 Å². The number of anilines is 1. The largest absolute Gasteiger partial charge is 0.463 e. The average Bonchev–Trinajstić information content (AvgIpc) is 3.03. The molecule has 3 heterocycles. The van der Waals surface area contributed by atoms with E-state index in [-0.39, 0.29) is 0 Å². The number of nitrogens with zero attached hydrogens (tertiary/aromatic N) is 2. The molecule has 0 aromatic carbocycles. The monoisotopic (exact) mass is 227 g/mol. The predicted octanol–water partition coefficient (Wildman–Crippen LogP) is 2.58. The second-order valence-corrected chi connectivity index (χ2v) is 3.45. The first-order valence-electron chi connectivity index (χ1n) is 5.05. The lowest BCUT2D eigenvalue weighted by atomic mass is 10.2. The molecule has 3 aromatic heterocycles. The molecule has 2 N–H and O–H groups in total. The number of furan rings is 2. The lowest BCUT2D eigenvalue weighted by Crippen LogP contribution is -1.97. The summed E-state index contributed by atoms with van der Waals surface area (Å²) in [5.41, 5.74) is 6.85. The molecule has 0 aliphatic rings. The van der Waals surface area contributed by atoms with E-state index in [0.717, 1.165) is 0 Å². The quantitative estimate of drug-likeness (QED) is 0.727. The smallest absolute Gasteiger partial charge is 0.196 e. The topological polar surface area (TPSA) is 78.1 Å². The maximum Gasteiger partial charge on any atom is 0.196 e. The summed E-state index contributed by atoms with van der Waals surface area (Å²) in [4.78, 5) is 8.45. The zero-order valence-corrected chi connectivity index (χ0v) is 8.83. The van der Waals surface area contributed by atoms with Crippen LogP contribution in [0.3, 0.4) is 0 Å². The van der Waals surface area contributed by atoms with Crippen molar-refractivity contribution in [2.75, 3.05) is 5.73 Å². The molecule has 0 amide bonds. The Hall–Kier alpha value is -2.56. The Morgan fingerprint density at radius 1 is 1.00 bits per heavy atom. The molecule has 3 aromatic rings. The SMILES string of the molecule is Nc1cnc(-c2ccco2)nc1-c1ccco1. The minimum Gasteiger partial charge on any atom is -0.463 e. The Labute approximate surface area is 96.9 Å². The lowest BCUT2D eigenvalue weighted by molar-refractivity contribution is 0.573. The van der Waals surface area contributed by atoms with Gasteiger partial charge in [0, 0.05) is 0 Å². The van der Waals surface area contributed by atoms with Gasteiger partial charge in [-0.1, -0.05) is 0 Å². The number of rotatable bonds is 2. The van der Waals surface area contributed by atoms with E-state index in [2.05, 4.69) is 9.97 Å². The molecular weight excluding hydrogens is 218 g/mol. The molecule has 0 saturated carbocycles. The molecule has 0 atom stereocenters. The van der Waals surface area contributed by atoms with Crippen molar-refractivity contribution in [3.63, 3.8) is 0 Å². The van der Waals surface area contributed by atoms with Crippen LogP contribution < -0.4 is 5.73 Å². The Morgan fingerprint density at radius 2 is 1.71 bits per heavy atom. The van der Waals surface area contributed by atoms with Crippen LogP contribution in [0.15, 0.2) is 51.8 Å². The standard InChI is InChI=1S/C12H9N3O2/c13-8-7-14-12(10-4-2-6-17-10)15-11(8)9-3-1-5-16-9/h1-7H,13H2. The zero-order chi connectivity index (χ0) is 11.7. The molecule has 0 aliphatic carbocycles. The summed E-state index contributed by atoms with van der Waals surface area (Å²) in [6, 6.07) is 7.15. The predicted molar refractivity (Wildman–Crippen MR) is 61.8 cm³/mol. The van der Waals surface area contributed by atoms with Crippen LogP contribution in [0, 0.1) is 0 Å². The van der Waals surface area contributed by atoms with Crippen LogP contribution in [-0.4, -0.2) is 9.97 Å². The molecule has 0 aliphatic heterocycles. The molecule has 0 spiro atoms. The highest BCUT2D eigenvalue weighted by Crippen LogP contribution is 2.26. The van der Waals surface area contributed by atoms with Crippen LogP contribution in [-0.2, 0) is 0 Å². The van der Waals surface area contributed by atoms with Crippen LogP contribution in [0.5, 0.6) is 0 Å². The van der Waals surface area contributed by atoms with Crippen LogP contribution in [0.1, 0.15) is 0 Å². The van der Waals surface area contributed by atoms with Crippen molar-refractivity contribution in [1.29, 1.82) is 0 Å².